The summed E-state index contributed by atoms with van der Waals surface area (Å²) in [4.78, 5) is 36.5. The summed E-state index contributed by atoms with van der Waals surface area (Å²) < 4.78 is 24.9. The number of rotatable bonds is 12. The lowest BCUT2D eigenvalue weighted by molar-refractivity contribution is -0.124. The highest BCUT2D eigenvalue weighted by Gasteiger charge is 2.12. The van der Waals surface area contributed by atoms with Crippen molar-refractivity contribution in [2.45, 2.75) is 33.6 Å². The van der Waals surface area contributed by atoms with Crippen LogP contribution in [0.1, 0.15) is 36.5 Å². The average molecular weight is 535 g/mol. The number of para-hydroxylation sites is 1. The van der Waals surface area contributed by atoms with Crippen LogP contribution in [0.2, 0.25) is 0 Å². The fourth-order valence-electron chi connectivity index (χ4n) is 3.43. The first-order valence-corrected chi connectivity index (χ1v) is 12.4. The largest absolute Gasteiger partial charge is 0.490 e. The first-order chi connectivity index (χ1) is 18.7. The maximum atomic E-state index is 13.7. The van der Waals surface area contributed by atoms with Crippen LogP contribution < -0.4 is 25.5 Å². The van der Waals surface area contributed by atoms with Crippen molar-refractivity contribution < 1.29 is 28.2 Å². The molecular formula is C29H31FN4O5. The molecule has 3 aromatic rings. The molecule has 9 nitrogen and oxygen atoms in total. The number of carbonyl (C=O) groups is 3. The second kappa shape index (κ2) is 14.3. The third-order valence-electron chi connectivity index (χ3n) is 5.42. The molecule has 3 aromatic carbocycles. The van der Waals surface area contributed by atoms with E-state index in [1.807, 2.05) is 32.0 Å². The molecule has 10 heteroatoms. The third kappa shape index (κ3) is 9.26. The zero-order chi connectivity index (χ0) is 28.2. The maximum absolute atomic E-state index is 13.7. The summed E-state index contributed by atoms with van der Waals surface area (Å²) in [6.07, 6.45) is 1.41. The number of hydrogen-bond donors (Lipinski definition) is 3. The van der Waals surface area contributed by atoms with Gasteiger partial charge in [-0.15, -0.1) is 0 Å². The second-order valence-electron chi connectivity index (χ2n) is 8.62. The van der Waals surface area contributed by atoms with Crippen LogP contribution in [-0.2, 0) is 14.4 Å². The van der Waals surface area contributed by atoms with Gasteiger partial charge in [-0.1, -0.05) is 24.3 Å². The van der Waals surface area contributed by atoms with Crippen molar-refractivity contribution in [2.75, 3.05) is 23.8 Å². The normalized spacial score (nSPS) is 10.7. The van der Waals surface area contributed by atoms with Crippen LogP contribution in [0.25, 0.3) is 0 Å². The van der Waals surface area contributed by atoms with Crippen molar-refractivity contribution in [1.29, 1.82) is 0 Å². The topological polar surface area (TPSA) is 118 Å². The highest BCUT2D eigenvalue weighted by Crippen LogP contribution is 2.28. The van der Waals surface area contributed by atoms with E-state index in [1.165, 1.54) is 24.4 Å². The van der Waals surface area contributed by atoms with Gasteiger partial charge in [0.15, 0.2) is 18.1 Å². The first kappa shape index (κ1) is 28.8. The number of carbonyl (C=O) groups excluding carboxylic acids is 3. The number of benzene rings is 3. The lowest BCUT2D eigenvalue weighted by atomic mass is 10.1. The van der Waals surface area contributed by atoms with Gasteiger partial charge in [0.1, 0.15) is 5.82 Å². The zero-order valence-corrected chi connectivity index (χ0v) is 22.0. The van der Waals surface area contributed by atoms with Crippen LogP contribution in [0.4, 0.5) is 15.8 Å². The van der Waals surface area contributed by atoms with Crippen LogP contribution in [0, 0.1) is 19.7 Å². The summed E-state index contributed by atoms with van der Waals surface area (Å²) >= 11 is 0. The predicted molar refractivity (Wildman–Crippen MR) is 148 cm³/mol. The number of anilines is 2. The molecule has 0 saturated carbocycles. The minimum absolute atomic E-state index is 0.0136. The van der Waals surface area contributed by atoms with E-state index in [4.69, 9.17) is 9.47 Å². The Kier molecular flexibility index (Phi) is 10.6. The molecule has 0 heterocycles. The van der Waals surface area contributed by atoms with Gasteiger partial charge in [0, 0.05) is 18.5 Å². The average Bonchev–Trinajstić information content (AvgIpc) is 2.90. The number of ether oxygens (including phenoxy) is 2. The van der Waals surface area contributed by atoms with Crippen molar-refractivity contribution in [1.82, 2.24) is 5.43 Å². The molecule has 0 aliphatic heterocycles. The van der Waals surface area contributed by atoms with Crippen molar-refractivity contribution in [3.63, 3.8) is 0 Å². The number of aryl methyl sites for hydroxylation is 2. The van der Waals surface area contributed by atoms with Crippen molar-refractivity contribution in [3.05, 3.63) is 83.2 Å². The van der Waals surface area contributed by atoms with Gasteiger partial charge >= 0.3 is 0 Å². The molecule has 0 unspecified atom stereocenters. The molecule has 3 rings (SSSR count). The second-order valence-corrected chi connectivity index (χ2v) is 8.62. The molecule has 3 N–H and O–H groups in total. The van der Waals surface area contributed by atoms with Gasteiger partial charge in [-0.3, -0.25) is 14.4 Å². The zero-order valence-electron chi connectivity index (χ0n) is 22.0. The van der Waals surface area contributed by atoms with E-state index in [-0.39, 0.29) is 31.0 Å². The number of amides is 3. The van der Waals surface area contributed by atoms with E-state index >= 15 is 0 Å². The van der Waals surface area contributed by atoms with E-state index in [0.29, 0.717) is 23.7 Å². The number of hydrazone groups is 1. The fourth-order valence-corrected chi connectivity index (χ4v) is 3.43. The molecule has 39 heavy (non-hydrogen) atoms. The number of nitrogens with one attached hydrogen (secondary N) is 3. The first-order valence-electron chi connectivity index (χ1n) is 12.4. The number of halogens is 1. The molecule has 0 radical (unpaired) electrons. The van der Waals surface area contributed by atoms with Gasteiger partial charge in [0.05, 0.1) is 18.5 Å². The standard InChI is InChI=1S/C29H31FN4O5/c1-4-38-26-16-21(11-12-25(26)39-18-29(37)32-23-8-6-5-7-22(23)30)17-31-34-28(36)14-13-27(35)33-24-15-19(2)9-10-20(24)3/h5-12,15-17H,4,13-14,18H2,1-3H3,(H,32,37)(H,33,35)(H,34,36). The molecular weight excluding hydrogens is 503 g/mol. The minimum Gasteiger partial charge on any atom is -0.490 e. The Morgan fingerprint density at radius 1 is 0.846 bits per heavy atom. The van der Waals surface area contributed by atoms with E-state index in [0.717, 1.165) is 16.8 Å². The molecule has 0 bridgehead atoms. The summed E-state index contributed by atoms with van der Waals surface area (Å²) in [5.74, 6) is -1.06. The SMILES string of the molecule is CCOc1cc(C=NNC(=O)CCC(=O)Nc2cc(C)ccc2C)ccc1OCC(=O)Nc1ccccc1F. The summed E-state index contributed by atoms with van der Waals surface area (Å²) in [6.45, 7) is 5.63. The highest BCUT2D eigenvalue weighted by molar-refractivity contribution is 5.94. The summed E-state index contributed by atoms with van der Waals surface area (Å²) in [6, 6.07) is 16.5. The van der Waals surface area contributed by atoms with Crippen molar-refractivity contribution in [3.8, 4) is 11.5 Å². The Hall–Kier alpha value is -4.73. The van der Waals surface area contributed by atoms with E-state index < -0.39 is 17.6 Å². The number of hydrogen-bond acceptors (Lipinski definition) is 6. The quantitative estimate of drug-likeness (QED) is 0.229. The third-order valence-corrected chi connectivity index (χ3v) is 5.42. The summed E-state index contributed by atoms with van der Waals surface area (Å²) in [7, 11) is 0. The van der Waals surface area contributed by atoms with Crippen molar-refractivity contribution >= 4 is 35.3 Å². The fraction of sp³-hybridized carbons (Fsp3) is 0.241. The Morgan fingerprint density at radius 2 is 1.59 bits per heavy atom. The Bertz CT molecular complexity index is 1360. The predicted octanol–water partition coefficient (Wildman–Crippen LogP) is 4.73. The molecule has 204 valence electrons. The van der Waals surface area contributed by atoms with Gasteiger partial charge in [-0.25, -0.2) is 9.82 Å². The van der Waals surface area contributed by atoms with Crippen LogP contribution in [-0.4, -0.2) is 37.1 Å². The molecule has 0 spiro atoms. The van der Waals surface area contributed by atoms with Gasteiger partial charge in [-0.05, 0) is 73.9 Å². The van der Waals surface area contributed by atoms with Gasteiger partial charge in [0.2, 0.25) is 11.8 Å². The number of nitrogens with zero attached hydrogens (tertiary/aromatic N) is 1. The van der Waals surface area contributed by atoms with Crippen LogP contribution in [0.3, 0.4) is 0 Å². The van der Waals surface area contributed by atoms with Crippen molar-refractivity contribution in [2.24, 2.45) is 5.10 Å². The van der Waals surface area contributed by atoms with Gasteiger partial charge < -0.3 is 20.1 Å². The molecule has 0 aromatic heterocycles. The molecule has 0 fully saturated rings. The molecule has 3 amide bonds. The Labute approximate surface area is 226 Å². The minimum atomic E-state index is -0.544. The van der Waals surface area contributed by atoms with Gasteiger partial charge in [-0.2, -0.15) is 5.10 Å². The highest BCUT2D eigenvalue weighted by atomic mass is 19.1. The molecule has 0 aliphatic carbocycles. The van der Waals surface area contributed by atoms with Crippen LogP contribution >= 0.6 is 0 Å². The molecule has 0 saturated heterocycles. The molecule has 0 aliphatic rings. The van der Waals surface area contributed by atoms with E-state index in [1.54, 1.807) is 31.2 Å². The summed E-state index contributed by atoms with van der Waals surface area (Å²) in [5, 5.41) is 9.21. The maximum Gasteiger partial charge on any atom is 0.262 e. The monoisotopic (exact) mass is 534 g/mol. The smallest absolute Gasteiger partial charge is 0.262 e. The lowest BCUT2D eigenvalue weighted by Crippen LogP contribution is -2.21. The van der Waals surface area contributed by atoms with E-state index in [9.17, 15) is 18.8 Å². The Balaban J connectivity index is 1.49. The van der Waals surface area contributed by atoms with Crippen LogP contribution in [0.15, 0.2) is 65.8 Å². The molecule has 0 atom stereocenters. The van der Waals surface area contributed by atoms with E-state index in [2.05, 4.69) is 21.2 Å². The van der Waals surface area contributed by atoms with Crippen LogP contribution in [0.5, 0.6) is 11.5 Å². The Morgan fingerprint density at radius 3 is 2.36 bits per heavy atom. The lowest BCUT2D eigenvalue weighted by Gasteiger charge is -2.13. The van der Waals surface area contributed by atoms with Gasteiger partial charge in [0.25, 0.3) is 5.91 Å². The summed E-state index contributed by atoms with van der Waals surface area (Å²) in [5.41, 5.74) is 5.76.